The molecule has 3 heterocycles. The van der Waals surface area contributed by atoms with Gasteiger partial charge < -0.3 is 4.74 Å². The van der Waals surface area contributed by atoms with Crippen molar-refractivity contribution in [1.29, 1.82) is 0 Å². The van der Waals surface area contributed by atoms with E-state index in [-0.39, 0.29) is 11.3 Å². The molecular weight excluding hydrogens is 401 g/mol. The molecule has 3 aliphatic heterocycles. The summed E-state index contributed by atoms with van der Waals surface area (Å²) in [5.41, 5.74) is 0.601. The molecule has 0 bridgehead atoms. The first-order valence-electron chi connectivity index (χ1n) is 9.82. The number of hydrazone groups is 1. The minimum atomic E-state index is -0.974. The molecule has 4 unspecified atom stereocenters. The van der Waals surface area contributed by atoms with Gasteiger partial charge in [-0.1, -0.05) is 18.2 Å². The lowest BCUT2D eigenvalue weighted by molar-refractivity contribution is -0.123. The molecule has 2 saturated heterocycles. The minimum absolute atomic E-state index is 0.256. The van der Waals surface area contributed by atoms with Gasteiger partial charge in [-0.05, 0) is 42.5 Å². The van der Waals surface area contributed by atoms with E-state index in [2.05, 4.69) is 5.10 Å². The molecule has 0 aromatic heterocycles. The number of rotatable bonds is 4. The maximum Gasteiger partial charge on any atom is 0.240 e. The summed E-state index contributed by atoms with van der Waals surface area (Å²) in [5.74, 6) is -3.01. The number of halogens is 1. The number of hydrogen-bond acceptors (Lipinski definition) is 6. The summed E-state index contributed by atoms with van der Waals surface area (Å²) in [6.45, 7) is 0. The number of carbonyl (C=O) groups is 3. The Morgan fingerprint density at radius 1 is 1.03 bits per heavy atom. The van der Waals surface area contributed by atoms with Crippen molar-refractivity contribution in [3.8, 4) is 5.75 Å². The Morgan fingerprint density at radius 2 is 1.74 bits per heavy atom. The Hall–Kier alpha value is -3.81. The van der Waals surface area contributed by atoms with Crippen LogP contribution >= 0.6 is 0 Å². The zero-order valence-electron chi connectivity index (χ0n) is 16.5. The number of fused-ring (bicyclic) bond motifs is 3. The quantitative estimate of drug-likeness (QED) is 0.562. The maximum atomic E-state index is 13.5. The van der Waals surface area contributed by atoms with Crippen molar-refractivity contribution in [2.45, 2.75) is 12.1 Å². The topological polar surface area (TPSA) is 79.3 Å². The van der Waals surface area contributed by atoms with Crippen LogP contribution in [-0.4, -0.2) is 48.0 Å². The van der Waals surface area contributed by atoms with Crippen molar-refractivity contribution in [2.24, 2.45) is 16.9 Å². The fourth-order valence-corrected chi connectivity index (χ4v) is 4.67. The lowest BCUT2D eigenvalue weighted by Gasteiger charge is -2.30. The van der Waals surface area contributed by atoms with Gasteiger partial charge in [0.05, 0.1) is 30.7 Å². The van der Waals surface area contributed by atoms with E-state index >= 15 is 0 Å². The third-order valence-corrected chi connectivity index (χ3v) is 6.01. The molecule has 0 N–H and O–H groups in total. The Kier molecular flexibility index (Phi) is 4.43. The van der Waals surface area contributed by atoms with Crippen molar-refractivity contribution >= 4 is 29.5 Å². The van der Waals surface area contributed by atoms with Crippen molar-refractivity contribution in [3.63, 3.8) is 0 Å². The molecule has 2 aromatic rings. The van der Waals surface area contributed by atoms with Gasteiger partial charge in [-0.15, -0.1) is 0 Å². The second kappa shape index (κ2) is 7.16. The molecule has 2 fully saturated rings. The summed E-state index contributed by atoms with van der Waals surface area (Å²) in [6, 6.07) is 10.4. The van der Waals surface area contributed by atoms with Gasteiger partial charge in [0.1, 0.15) is 17.6 Å². The number of ether oxygens (including phenoxy) is 1. The fourth-order valence-electron chi connectivity index (χ4n) is 4.67. The highest BCUT2D eigenvalue weighted by Gasteiger charge is 2.64. The smallest absolute Gasteiger partial charge is 0.240 e. The third kappa shape index (κ3) is 2.78. The summed E-state index contributed by atoms with van der Waals surface area (Å²) < 4.78 is 18.7. The molecule has 2 amide bonds. The molecule has 156 valence electrons. The molecule has 5 rings (SSSR count). The van der Waals surface area contributed by atoms with Gasteiger partial charge in [0.25, 0.3) is 0 Å². The van der Waals surface area contributed by atoms with Crippen LogP contribution in [0.3, 0.4) is 0 Å². The number of amides is 2. The standard InChI is InChI=1S/C23H18FN3O4/c1-31-17-7-3-2-5-15(17)26-22(29)18-16-6-4-12-25-27(16)20(19(18)23(26)30)21(28)13-8-10-14(24)11-9-13/h2-12,16,18-20H,1H3. The van der Waals surface area contributed by atoms with E-state index < -0.39 is 41.6 Å². The zero-order valence-corrected chi connectivity index (χ0v) is 16.5. The second-order valence-corrected chi connectivity index (χ2v) is 7.57. The van der Waals surface area contributed by atoms with Gasteiger partial charge in [0.2, 0.25) is 11.8 Å². The fraction of sp³-hybridized carbons (Fsp3) is 0.217. The molecule has 0 saturated carbocycles. The molecule has 4 atom stereocenters. The van der Waals surface area contributed by atoms with Gasteiger partial charge in [-0.3, -0.25) is 19.4 Å². The first-order valence-corrected chi connectivity index (χ1v) is 9.82. The number of ketones is 1. The number of benzene rings is 2. The summed E-state index contributed by atoms with van der Waals surface area (Å²) in [7, 11) is 1.46. The number of carbonyl (C=O) groups excluding carboxylic acids is 3. The average molecular weight is 419 g/mol. The molecule has 31 heavy (non-hydrogen) atoms. The normalized spacial score (nSPS) is 26.3. The van der Waals surface area contributed by atoms with Gasteiger partial charge in [-0.2, -0.15) is 5.10 Å². The highest BCUT2D eigenvalue weighted by atomic mass is 19.1. The predicted molar refractivity (Wildman–Crippen MR) is 110 cm³/mol. The Morgan fingerprint density at radius 3 is 2.48 bits per heavy atom. The molecule has 3 aliphatic rings. The van der Waals surface area contributed by atoms with Crippen LogP contribution in [-0.2, 0) is 9.59 Å². The van der Waals surface area contributed by atoms with E-state index in [0.29, 0.717) is 11.4 Å². The minimum Gasteiger partial charge on any atom is -0.495 e. The monoisotopic (exact) mass is 419 g/mol. The number of methoxy groups -OCH3 is 1. The van der Waals surface area contributed by atoms with E-state index in [1.54, 1.807) is 36.4 Å². The molecule has 7 nitrogen and oxygen atoms in total. The van der Waals surface area contributed by atoms with E-state index in [4.69, 9.17) is 4.74 Å². The van der Waals surface area contributed by atoms with Crippen LogP contribution in [0, 0.1) is 17.7 Å². The summed E-state index contributed by atoms with van der Waals surface area (Å²) in [5, 5.41) is 5.82. The van der Waals surface area contributed by atoms with Crippen molar-refractivity contribution < 1.29 is 23.5 Å². The van der Waals surface area contributed by atoms with Crippen LogP contribution in [0.25, 0.3) is 0 Å². The van der Waals surface area contributed by atoms with Crippen molar-refractivity contribution in [2.75, 3.05) is 12.0 Å². The van der Waals surface area contributed by atoms with Gasteiger partial charge in [0, 0.05) is 11.8 Å². The second-order valence-electron chi connectivity index (χ2n) is 7.57. The number of anilines is 1. The highest BCUT2D eigenvalue weighted by Crippen LogP contribution is 2.47. The average Bonchev–Trinajstić information content (AvgIpc) is 3.26. The van der Waals surface area contributed by atoms with Crippen LogP contribution in [0.1, 0.15) is 10.4 Å². The number of allylic oxidation sites excluding steroid dienone is 1. The number of hydrogen-bond donors (Lipinski definition) is 0. The number of Topliss-reactive ketones (excluding diaryl/α,β-unsaturated/α-hetero) is 1. The molecule has 2 aromatic carbocycles. The van der Waals surface area contributed by atoms with Gasteiger partial charge >= 0.3 is 0 Å². The number of nitrogens with zero attached hydrogens (tertiary/aromatic N) is 3. The van der Waals surface area contributed by atoms with Crippen molar-refractivity contribution in [1.82, 2.24) is 5.01 Å². The Bertz CT molecular complexity index is 1140. The number of imide groups is 1. The van der Waals surface area contributed by atoms with Crippen LogP contribution < -0.4 is 9.64 Å². The van der Waals surface area contributed by atoms with E-state index in [1.165, 1.54) is 42.6 Å². The van der Waals surface area contributed by atoms with Gasteiger partial charge in [0.15, 0.2) is 5.78 Å². The number of para-hydroxylation sites is 2. The first-order chi connectivity index (χ1) is 15.0. The Labute approximate surface area is 177 Å². The molecule has 8 heteroatoms. The van der Waals surface area contributed by atoms with Crippen LogP contribution in [0.5, 0.6) is 5.75 Å². The van der Waals surface area contributed by atoms with E-state index in [1.807, 2.05) is 0 Å². The Balaban J connectivity index is 1.59. The molecule has 0 radical (unpaired) electrons. The molecule has 0 spiro atoms. The van der Waals surface area contributed by atoms with Crippen LogP contribution in [0.15, 0.2) is 65.8 Å². The van der Waals surface area contributed by atoms with E-state index in [9.17, 15) is 18.8 Å². The molecule has 0 aliphatic carbocycles. The highest BCUT2D eigenvalue weighted by molar-refractivity contribution is 6.25. The van der Waals surface area contributed by atoms with E-state index in [0.717, 1.165) is 4.90 Å². The van der Waals surface area contributed by atoms with Crippen LogP contribution in [0.2, 0.25) is 0 Å². The van der Waals surface area contributed by atoms with Crippen molar-refractivity contribution in [3.05, 3.63) is 72.1 Å². The SMILES string of the molecule is COc1ccccc1N1C(=O)C2C(C1=O)C(C(=O)c1ccc(F)cc1)N1N=CC=CC21. The first kappa shape index (κ1) is 19.2. The van der Waals surface area contributed by atoms with Gasteiger partial charge in [-0.25, -0.2) is 9.29 Å². The molecular formula is C23H18FN3O4. The zero-order chi connectivity index (χ0) is 21.7. The lowest BCUT2D eigenvalue weighted by Crippen LogP contribution is -2.46. The summed E-state index contributed by atoms with van der Waals surface area (Å²) >= 11 is 0. The van der Waals surface area contributed by atoms with Crippen LogP contribution in [0.4, 0.5) is 10.1 Å². The largest absolute Gasteiger partial charge is 0.495 e. The summed E-state index contributed by atoms with van der Waals surface area (Å²) in [6.07, 6.45) is 5.00. The third-order valence-electron chi connectivity index (χ3n) is 6.01. The lowest BCUT2D eigenvalue weighted by atomic mass is 9.86. The maximum absolute atomic E-state index is 13.5. The summed E-state index contributed by atoms with van der Waals surface area (Å²) in [4.78, 5) is 41.5. The predicted octanol–water partition coefficient (Wildman–Crippen LogP) is 2.43.